The van der Waals surface area contributed by atoms with Gasteiger partial charge in [0.15, 0.2) is 5.69 Å². The van der Waals surface area contributed by atoms with Crippen molar-refractivity contribution in [1.82, 2.24) is 4.98 Å². The van der Waals surface area contributed by atoms with E-state index in [4.69, 9.17) is 34.0 Å². The first-order valence-electron chi connectivity index (χ1n) is 6.15. The zero-order chi connectivity index (χ0) is 15.4. The van der Waals surface area contributed by atoms with Gasteiger partial charge in [0, 0.05) is 16.6 Å². The fourth-order valence-electron chi connectivity index (χ4n) is 1.77. The van der Waals surface area contributed by atoms with Crippen LogP contribution in [0.15, 0.2) is 30.3 Å². The lowest BCUT2D eigenvalue weighted by Crippen LogP contribution is -2.11. The molecule has 7 heteroatoms. The van der Waals surface area contributed by atoms with Gasteiger partial charge in [0.25, 0.3) is 0 Å². The van der Waals surface area contributed by atoms with Gasteiger partial charge in [-0.3, -0.25) is 0 Å². The molecule has 21 heavy (non-hydrogen) atoms. The summed E-state index contributed by atoms with van der Waals surface area (Å²) in [4.78, 5) is 14.8. The lowest BCUT2D eigenvalue weighted by Gasteiger charge is -2.10. The number of rotatable bonds is 5. The highest BCUT2D eigenvalue weighted by molar-refractivity contribution is 6.35. The molecule has 0 amide bonds. The largest absolute Gasteiger partial charge is 0.477 e. The number of aromatic nitrogens is 1. The smallest absolute Gasteiger partial charge is 0.354 e. The summed E-state index contributed by atoms with van der Waals surface area (Å²) < 4.78 is 0. The van der Waals surface area contributed by atoms with Gasteiger partial charge in [-0.05, 0) is 36.2 Å². The Bertz CT molecular complexity index is 677. The van der Waals surface area contributed by atoms with E-state index in [0.29, 0.717) is 34.5 Å². The number of hydrogen-bond donors (Lipinski definition) is 3. The number of nitrogen functional groups attached to an aromatic ring is 1. The van der Waals surface area contributed by atoms with Crippen molar-refractivity contribution in [3.05, 3.63) is 51.6 Å². The predicted molar refractivity (Wildman–Crippen MR) is 84.3 cm³/mol. The van der Waals surface area contributed by atoms with Crippen LogP contribution in [0, 0.1) is 0 Å². The lowest BCUT2D eigenvalue weighted by molar-refractivity contribution is 0.0690. The molecule has 1 heterocycles. The standard InChI is InChI=1S/C14H13Cl2N3O2/c15-9-2-1-8(10(16)7-9)5-6-18-13-11(17)3-4-12(19-13)14(20)21/h1-4,7H,5-6,17H2,(H,18,19)(H,20,21). The molecule has 0 saturated carbocycles. The van der Waals surface area contributed by atoms with Crippen LogP contribution in [0.4, 0.5) is 11.5 Å². The third-order valence-corrected chi connectivity index (χ3v) is 3.43. The van der Waals surface area contributed by atoms with Crippen molar-refractivity contribution in [3.63, 3.8) is 0 Å². The van der Waals surface area contributed by atoms with E-state index in [1.165, 1.54) is 12.1 Å². The molecule has 1 aromatic heterocycles. The Morgan fingerprint density at radius 1 is 1.29 bits per heavy atom. The summed E-state index contributed by atoms with van der Waals surface area (Å²) in [7, 11) is 0. The maximum absolute atomic E-state index is 10.9. The molecule has 2 rings (SSSR count). The normalized spacial score (nSPS) is 10.4. The van der Waals surface area contributed by atoms with Crippen molar-refractivity contribution in [2.45, 2.75) is 6.42 Å². The van der Waals surface area contributed by atoms with Gasteiger partial charge < -0.3 is 16.2 Å². The lowest BCUT2D eigenvalue weighted by atomic mass is 10.1. The average Bonchev–Trinajstić information content (AvgIpc) is 2.43. The SMILES string of the molecule is Nc1ccc(C(=O)O)nc1NCCc1ccc(Cl)cc1Cl. The van der Waals surface area contributed by atoms with Gasteiger partial charge >= 0.3 is 5.97 Å². The van der Waals surface area contributed by atoms with E-state index < -0.39 is 5.97 Å². The summed E-state index contributed by atoms with van der Waals surface area (Å²) in [5, 5.41) is 13.1. The molecule has 4 N–H and O–H groups in total. The molecule has 0 spiro atoms. The van der Waals surface area contributed by atoms with E-state index in [2.05, 4.69) is 10.3 Å². The summed E-state index contributed by atoms with van der Waals surface area (Å²) >= 11 is 11.9. The molecular formula is C14H13Cl2N3O2. The number of carboxylic acid groups (broad SMARTS) is 1. The van der Waals surface area contributed by atoms with E-state index in [9.17, 15) is 4.79 Å². The number of benzene rings is 1. The van der Waals surface area contributed by atoms with Gasteiger partial charge in [-0.1, -0.05) is 29.3 Å². The van der Waals surface area contributed by atoms with E-state index in [0.717, 1.165) is 5.56 Å². The molecule has 0 radical (unpaired) electrons. The molecule has 0 aliphatic carbocycles. The average molecular weight is 326 g/mol. The van der Waals surface area contributed by atoms with Crippen molar-refractivity contribution in [1.29, 1.82) is 0 Å². The highest BCUT2D eigenvalue weighted by Gasteiger charge is 2.08. The molecule has 5 nitrogen and oxygen atoms in total. The first-order valence-corrected chi connectivity index (χ1v) is 6.90. The van der Waals surface area contributed by atoms with Gasteiger partial charge in [-0.2, -0.15) is 0 Å². The molecule has 0 fully saturated rings. The summed E-state index contributed by atoms with van der Waals surface area (Å²) in [6.07, 6.45) is 0.633. The number of aromatic carboxylic acids is 1. The third-order valence-electron chi connectivity index (χ3n) is 2.85. The van der Waals surface area contributed by atoms with Crippen molar-refractivity contribution in [2.24, 2.45) is 0 Å². The molecule has 2 aromatic rings. The molecule has 0 saturated heterocycles. The van der Waals surface area contributed by atoms with Crippen LogP contribution in [-0.4, -0.2) is 22.6 Å². The van der Waals surface area contributed by atoms with Crippen LogP contribution < -0.4 is 11.1 Å². The zero-order valence-electron chi connectivity index (χ0n) is 10.9. The van der Waals surface area contributed by atoms with E-state index in [1.54, 1.807) is 12.1 Å². The van der Waals surface area contributed by atoms with Gasteiger partial charge in [-0.15, -0.1) is 0 Å². The van der Waals surface area contributed by atoms with Gasteiger partial charge in [0.05, 0.1) is 5.69 Å². The number of hydrogen-bond acceptors (Lipinski definition) is 4. The van der Waals surface area contributed by atoms with E-state index in [1.807, 2.05) is 6.07 Å². The second kappa shape index (κ2) is 6.65. The molecule has 1 aromatic carbocycles. The van der Waals surface area contributed by atoms with Crippen LogP contribution >= 0.6 is 23.2 Å². The number of pyridine rings is 1. The quantitative estimate of drug-likeness (QED) is 0.784. The van der Waals surface area contributed by atoms with Crippen LogP contribution in [-0.2, 0) is 6.42 Å². The van der Waals surface area contributed by atoms with Gasteiger partial charge in [0.2, 0.25) is 0 Å². The van der Waals surface area contributed by atoms with Crippen LogP contribution in [0.2, 0.25) is 10.0 Å². The summed E-state index contributed by atoms with van der Waals surface area (Å²) in [6, 6.07) is 8.15. The van der Waals surface area contributed by atoms with Crippen LogP contribution in [0.5, 0.6) is 0 Å². The third kappa shape index (κ3) is 4.00. The first kappa shape index (κ1) is 15.4. The summed E-state index contributed by atoms with van der Waals surface area (Å²) in [5.74, 6) is -0.751. The predicted octanol–water partition coefficient (Wildman–Crippen LogP) is 3.32. The maximum atomic E-state index is 10.9. The minimum Gasteiger partial charge on any atom is -0.477 e. The van der Waals surface area contributed by atoms with Crippen LogP contribution in [0.1, 0.15) is 16.1 Å². The second-order valence-electron chi connectivity index (χ2n) is 4.35. The number of nitrogens with one attached hydrogen (secondary N) is 1. The molecule has 0 aliphatic rings. The number of nitrogens with two attached hydrogens (primary N) is 1. The number of nitrogens with zero attached hydrogens (tertiary/aromatic N) is 1. The van der Waals surface area contributed by atoms with Crippen LogP contribution in [0.25, 0.3) is 0 Å². The molecular weight excluding hydrogens is 313 g/mol. The van der Waals surface area contributed by atoms with E-state index >= 15 is 0 Å². The van der Waals surface area contributed by atoms with Crippen molar-refractivity contribution < 1.29 is 9.90 Å². The van der Waals surface area contributed by atoms with Crippen LogP contribution in [0.3, 0.4) is 0 Å². The minimum absolute atomic E-state index is 0.0591. The summed E-state index contributed by atoms with van der Waals surface area (Å²) in [6.45, 7) is 0.516. The Kier molecular flexibility index (Phi) is 4.88. The van der Waals surface area contributed by atoms with Crippen molar-refractivity contribution >= 4 is 40.7 Å². The monoisotopic (exact) mass is 325 g/mol. The maximum Gasteiger partial charge on any atom is 0.354 e. The minimum atomic E-state index is -1.10. The number of carbonyl (C=O) groups is 1. The van der Waals surface area contributed by atoms with Crippen molar-refractivity contribution in [2.75, 3.05) is 17.6 Å². The topological polar surface area (TPSA) is 88.2 Å². The Morgan fingerprint density at radius 2 is 2.05 bits per heavy atom. The van der Waals surface area contributed by atoms with Gasteiger partial charge in [-0.25, -0.2) is 9.78 Å². The van der Waals surface area contributed by atoms with Gasteiger partial charge in [0.1, 0.15) is 5.82 Å². The number of anilines is 2. The summed E-state index contributed by atoms with van der Waals surface area (Å²) in [5.41, 5.74) is 7.02. The Morgan fingerprint density at radius 3 is 2.71 bits per heavy atom. The van der Waals surface area contributed by atoms with Crippen molar-refractivity contribution in [3.8, 4) is 0 Å². The van der Waals surface area contributed by atoms with E-state index in [-0.39, 0.29) is 5.69 Å². The number of carboxylic acids is 1. The Balaban J connectivity index is 2.03. The fourth-order valence-corrected chi connectivity index (χ4v) is 2.27. The Labute approximate surface area is 131 Å². The fraction of sp³-hybridized carbons (Fsp3) is 0.143. The highest BCUT2D eigenvalue weighted by Crippen LogP contribution is 2.22. The first-order chi connectivity index (χ1) is 9.97. The Hall–Kier alpha value is -1.98. The molecule has 0 aliphatic heterocycles. The number of halogens is 2. The molecule has 110 valence electrons. The zero-order valence-corrected chi connectivity index (χ0v) is 12.4. The highest BCUT2D eigenvalue weighted by atomic mass is 35.5. The molecule has 0 atom stereocenters. The second-order valence-corrected chi connectivity index (χ2v) is 5.20. The molecule has 0 bridgehead atoms. The molecule has 0 unspecified atom stereocenters.